The Balaban J connectivity index is 1.44. The third kappa shape index (κ3) is 7.21. The standard InChI is InChI=1S/C27H47NO2/c1-21-7-4-8-23(13-14-25-11-6-12-26(29)22(25)2)9-5-10-24(21)15-18-28-19-16-27(3,30)17-20-28/h14,21,23-24,26,29-30H,2,4-13,15-20H2,1,3H3/b25-14-/t21-,23?,24+,26?/m0/s1. The predicted molar refractivity (Wildman–Crippen MR) is 126 cm³/mol. The highest BCUT2D eigenvalue weighted by molar-refractivity contribution is 5.33. The SMILES string of the molecule is C=C1/C(=C\CC2CCC[C@H](CCN3CCC(C)(O)CC3)[C@@H](C)CCC2)CCCC1O. The fourth-order valence-electron chi connectivity index (χ4n) is 5.91. The third-order valence-electron chi connectivity index (χ3n) is 8.45. The van der Waals surface area contributed by atoms with Crippen molar-refractivity contribution in [2.45, 2.75) is 109 Å². The Bertz CT molecular complexity index is 571. The van der Waals surface area contributed by atoms with Gasteiger partial charge in [0.15, 0.2) is 0 Å². The van der Waals surface area contributed by atoms with Crippen molar-refractivity contribution in [3.05, 3.63) is 23.8 Å². The minimum Gasteiger partial charge on any atom is -0.390 e. The summed E-state index contributed by atoms with van der Waals surface area (Å²) in [6.07, 6.45) is 17.7. The molecule has 3 heteroatoms. The van der Waals surface area contributed by atoms with Gasteiger partial charge in [0, 0.05) is 13.1 Å². The fourth-order valence-corrected chi connectivity index (χ4v) is 5.91. The first kappa shape index (κ1) is 24.0. The molecular formula is C27H47NO2. The van der Waals surface area contributed by atoms with Crippen molar-refractivity contribution in [3.8, 4) is 0 Å². The number of aliphatic hydroxyl groups excluding tert-OH is 1. The van der Waals surface area contributed by atoms with E-state index < -0.39 is 5.60 Å². The van der Waals surface area contributed by atoms with Gasteiger partial charge >= 0.3 is 0 Å². The second kappa shape index (κ2) is 11.3. The molecule has 172 valence electrons. The Morgan fingerprint density at radius 3 is 2.50 bits per heavy atom. The molecule has 30 heavy (non-hydrogen) atoms. The van der Waals surface area contributed by atoms with E-state index in [2.05, 4.69) is 24.5 Å². The molecule has 0 amide bonds. The predicted octanol–water partition coefficient (Wildman–Crippen LogP) is 5.86. The zero-order valence-corrected chi connectivity index (χ0v) is 19.7. The quantitative estimate of drug-likeness (QED) is 0.588. The van der Waals surface area contributed by atoms with Crippen LogP contribution < -0.4 is 0 Å². The van der Waals surface area contributed by atoms with Crippen LogP contribution in [0, 0.1) is 17.8 Å². The van der Waals surface area contributed by atoms with E-state index in [1.165, 1.54) is 63.5 Å². The number of rotatable bonds is 5. The molecule has 1 heterocycles. The lowest BCUT2D eigenvalue weighted by atomic mass is 9.84. The van der Waals surface area contributed by atoms with Crippen LogP contribution in [-0.4, -0.2) is 46.5 Å². The summed E-state index contributed by atoms with van der Waals surface area (Å²) in [4.78, 5) is 2.58. The van der Waals surface area contributed by atoms with E-state index in [1.807, 2.05) is 6.92 Å². The number of hydrogen-bond donors (Lipinski definition) is 2. The first-order valence-corrected chi connectivity index (χ1v) is 12.8. The molecule has 3 aliphatic rings. The van der Waals surface area contributed by atoms with Crippen molar-refractivity contribution in [3.63, 3.8) is 0 Å². The first-order valence-electron chi connectivity index (χ1n) is 12.8. The van der Waals surface area contributed by atoms with E-state index in [-0.39, 0.29) is 6.10 Å². The van der Waals surface area contributed by atoms with E-state index in [4.69, 9.17) is 0 Å². The van der Waals surface area contributed by atoms with Gasteiger partial charge in [0.2, 0.25) is 0 Å². The van der Waals surface area contributed by atoms with Crippen LogP contribution in [0.1, 0.15) is 97.3 Å². The van der Waals surface area contributed by atoms with Gasteiger partial charge in [-0.2, -0.15) is 0 Å². The molecule has 2 saturated carbocycles. The van der Waals surface area contributed by atoms with E-state index >= 15 is 0 Å². The van der Waals surface area contributed by atoms with Gasteiger partial charge in [-0.1, -0.05) is 58.1 Å². The van der Waals surface area contributed by atoms with Gasteiger partial charge in [0.1, 0.15) is 0 Å². The molecule has 2 unspecified atom stereocenters. The molecule has 0 aromatic carbocycles. The maximum atomic E-state index is 10.2. The molecule has 1 saturated heterocycles. The van der Waals surface area contributed by atoms with Crippen molar-refractivity contribution in [2.75, 3.05) is 19.6 Å². The second-order valence-electron chi connectivity index (χ2n) is 11.0. The lowest BCUT2D eigenvalue weighted by molar-refractivity contribution is -0.00696. The largest absolute Gasteiger partial charge is 0.390 e. The molecule has 0 bridgehead atoms. The van der Waals surface area contributed by atoms with Gasteiger partial charge in [-0.3, -0.25) is 0 Å². The van der Waals surface area contributed by atoms with Gasteiger partial charge in [-0.15, -0.1) is 0 Å². The molecule has 3 rings (SSSR count). The fraction of sp³-hybridized carbons (Fsp3) is 0.852. The highest BCUT2D eigenvalue weighted by Crippen LogP contribution is 2.34. The Morgan fingerprint density at radius 2 is 1.77 bits per heavy atom. The summed E-state index contributed by atoms with van der Waals surface area (Å²) in [7, 11) is 0. The average Bonchev–Trinajstić information content (AvgIpc) is 2.79. The van der Waals surface area contributed by atoms with Crippen LogP contribution in [0.3, 0.4) is 0 Å². The average molecular weight is 418 g/mol. The monoisotopic (exact) mass is 417 g/mol. The minimum absolute atomic E-state index is 0.307. The van der Waals surface area contributed by atoms with Gasteiger partial charge in [-0.05, 0) is 87.3 Å². The minimum atomic E-state index is -0.436. The lowest BCUT2D eigenvalue weighted by Gasteiger charge is -2.36. The van der Waals surface area contributed by atoms with Crippen molar-refractivity contribution >= 4 is 0 Å². The lowest BCUT2D eigenvalue weighted by Crippen LogP contribution is -2.43. The van der Waals surface area contributed by atoms with Crippen LogP contribution in [0.4, 0.5) is 0 Å². The molecule has 0 aromatic rings. The van der Waals surface area contributed by atoms with Gasteiger partial charge in [0.05, 0.1) is 11.7 Å². The summed E-state index contributed by atoms with van der Waals surface area (Å²) in [6, 6.07) is 0. The van der Waals surface area contributed by atoms with Crippen LogP contribution in [0.2, 0.25) is 0 Å². The van der Waals surface area contributed by atoms with E-state index in [0.29, 0.717) is 0 Å². The first-order chi connectivity index (χ1) is 14.3. The summed E-state index contributed by atoms with van der Waals surface area (Å²) in [5.74, 6) is 2.50. The topological polar surface area (TPSA) is 43.7 Å². The van der Waals surface area contributed by atoms with Crippen molar-refractivity contribution in [1.82, 2.24) is 4.90 Å². The maximum absolute atomic E-state index is 10.2. The maximum Gasteiger partial charge on any atom is 0.0787 e. The molecule has 3 fully saturated rings. The molecule has 3 nitrogen and oxygen atoms in total. The summed E-state index contributed by atoms with van der Waals surface area (Å²) in [5.41, 5.74) is 1.88. The van der Waals surface area contributed by atoms with Gasteiger partial charge in [-0.25, -0.2) is 0 Å². The number of hydrogen-bond acceptors (Lipinski definition) is 3. The summed E-state index contributed by atoms with van der Waals surface area (Å²) in [6.45, 7) is 12.0. The molecular weight excluding hydrogens is 370 g/mol. The van der Waals surface area contributed by atoms with Crippen LogP contribution in [0.25, 0.3) is 0 Å². The molecule has 2 N–H and O–H groups in total. The molecule has 2 aliphatic carbocycles. The smallest absolute Gasteiger partial charge is 0.0787 e. The highest BCUT2D eigenvalue weighted by Gasteiger charge is 2.28. The van der Waals surface area contributed by atoms with E-state index in [9.17, 15) is 10.2 Å². The molecule has 0 spiro atoms. The Kier molecular flexibility index (Phi) is 9.04. The molecule has 0 aromatic heterocycles. The molecule has 1 aliphatic heterocycles. The van der Waals surface area contributed by atoms with Crippen LogP contribution in [0.5, 0.6) is 0 Å². The van der Waals surface area contributed by atoms with Crippen molar-refractivity contribution in [1.29, 1.82) is 0 Å². The Morgan fingerprint density at radius 1 is 1.07 bits per heavy atom. The van der Waals surface area contributed by atoms with Crippen molar-refractivity contribution < 1.29 is 10.2 Å². The van der Waals surface area contributed by atoms with Gasteiger partial charge < -0.3 is 15.1 Å². The second-order valence-corrected chi connectivity index (χ2v) is 11.0. The zero-order chi connectivity index (χ0) is 21.6. The molecule has 0 radical (unpaired) electrons. The van der Waals surface area contributed by atoms with Crippen LogP contribution >= 0.6 is 0 Å². The van der Waals surface area contributed by atoms with E-state index in [0.717, 1.165) is 68.5 Å². The van der Waals surface area contributed by atoms with Gasteiger partial charge in [0.25, 0.3) is 0 Å². The normalized spacial score (nSPS) is 35.6. The van der Waals surface area contributed by atoms with E-state index in [1.54, 1.807) is 0 Å². The summed E-state index contributed by atoms with van der Waals surface area (Å²) in [5, 5.41) is 20.3. The van der Waals surface area contributed by atoms with Crippen LogP contribution in [0.15, 0.2) is 23.8 Å². The number of likely N-dealkylation sites (tertiary alicyclic amines) is 1. The number of aliphatic hydroxyl groups is 2. The Labute approximate surface area is 185 Å². The van der Waals surface area contributed by atoms with Crippen molar-refractivity contribution in [2.24, 2.45) is 17.8 Å². The Hall–Kier alpha value is -0.640. The summed E-state index contributed by atoms with van der Waals surface area (Å²) >= 11 is 0. The van der Waals surface area contributed by atoms with Crippen LogP contribution in [-0.2, 0) is 0 Å². The zero-order valence-electron chi connectivity index (χ0n) is 19.7. The number of nitrogens with zero attached hydrogens (tertiary/aromatic N) is 1. The number of piperidine rings is 1. The third-order valence-corrected chi connectivity index (χ3v) is 8.45. The molecule has 4 atom stereocenters. The number of allylic oxidation sites excluding steroid dienone is 1. The summed E-state index contributed by atoms with van der Waals surface area (Å²) < 4.78 is 0. The highest BCUT2D eigenvalue weighted by atomic mass is 16.3.